The Morgan fingerprint density at radius 3 is 2.58 bits per heavy atom. The summed E-state index contributed by atoms with van der Waals surface area (Å²) in [5, 5.41) is 3.52. The van der Waals surface area contributed by atoms with Gasteiger partial charge in [0.15, 0.2) is 0 Å². The van der Waals surface area contributed by atoms with E-state index in [1.165, 1.54) is 11.6 Å². The Balaban J connectivity index is 1.86. The summed E-state index contributed by atoms with van der Waals surface area (Å²) >= 11 is 5.71. The number of halogens is 2. The summed E-state index contributed by atoms with van der Waals surface area (Å²) in [4.78, 5) is 0. The number of nitrogens with one attached hydrogen (secondary N) is 1. The normalized spacial score (nSPS) is 12.2. The average Bonchev–Trinajstić information content (AvgIpc) is 2.42. The number of hydrogen-bond acceptors (Lipinski definition) is 1. The van der Waals surface area contributed by atoms with Gasteiger partial charge in [-0.15, -0.1) is 0 Å². The fourth-order valence-electron chi connectivity index (χ4n) is 2.00. The summed E-state index contributed by atoms with van der Waals surface area (Å²) < 4.78 is 13.6. The Morgan fingerprint density at radius 2 is 1.89 bits per heavy atom. The molecule has 0 heterocycles. The molecule has 0 aliphatic rings. The molecule has 19 heavy (non-hydrogen) atoms. The van der Waals surface area contributed by atoms with Crippen molar-refractivity contribution in [2.45, 2.75) is 19.3 Å². The lowest BCUT2D eigenvalue weighted by Gasteiger charge is -2.13. The summed E-state index contributed by atoms with van der Waals surface area (Å²) in [5.74, 6) is 0.143. The van der Waals surface area contributed by atoms with Crippen LogP contribution in [0.3, 0.4) is 0 Å². The second kappa shape index (κ2) is 6.58. The molecule has 100 valence electrons. The first-order valence-corrected chi connectivity index (χ1v) is 6.78. The lowest BCUT2D eigenvalue weighted by molar-refractivity contribution is 0.627. The highest BCUT2D eigenvalue weighted by Crippen LogP contribution is 2.21. The minimum Gasteiger partial charge on any atom is -0.383 e. The molecule has 0 aliphatic heterocycles. The third kappa shape index (κ3) is 3.97. The third-order valence-electron chi connectivity index (χ3n) is 3.19. The summed E-state index contributed by atoms with van der Waals surface area (Å²) in [6, 6.07) is 15.0. The van der Waals surface area contributed by atoms with Crippen molar-refractivity contribution in [3.05, 3.63) is 64.9 Å². The molecule has 0 bridgehead atoms. The number of benzene rings is 2. The number of rotatable bonds is 5. The van der Waals surface area contributed by atoms with Crippen LogP contribution in [0.5, 0.6) is 0 Å². The van der Waals surface area contributed by atoms with Crippen molar-refractivity contribution in [2.24, 2.45) is 0 Å². The van der Waals surface area contributed by atoms with Gasteiger partial charge in [-0.05, 0) is 36.1 Å². The quantitative estimate of drug-likeness (QED) is 0.803. The predicted molar refractivity (Wildman–Crippen MR) is 79.4 cm³/mol. The summed E-state index contributed by atoms with van der Waals surface area (Å²) in [7, 11) is 0. The van der Waals surface area contributed by atoms with Crippen LogP contribution in [0.4, 0.5) is 10.1 Å². The van der Waals surface area contributed by atoms with Crippen LogP contribution < -0.4 is 5.32 Å². The van der Waals surface area contributed by atoms with E-state index in [1.54, 1.807) is 12.1 Å². The zero-order chi connectivity index (χ0) is 13.7. The van der Waals surface area contributed by atoms with Crippen LogP contribution in [0.1, 0.15) is 24.8 Å². The smallest absolute Gasteiger partial charge is 0.147 e. The first kappa shape index (κ1) is 13.9. The molecule has 2 aromatic carbocycles. The highest BCUT2D eigenvalue weighted by atomic mass is 35.5. The molecule has 0 aromatic heterocycles. The Kier molecular flexibility index (Phi) is 4.80. The van der Waals surface area contributed by atoms with E-state index in [-0.39, 0.29) is 5.82 Å². The van der Waals surface area contributed by atoms with Crippen molar-refractivity contribution in [3.8, 4) is 0 Å². The molecule has 0 amide bonds. The molecule has 1 N–H and O–H groups in total. The lowest BCUT2D eigenvalue weighted by Crippen LogP contribution is -2.07. The Hall–Kier alpha value is -1.54. The van der Waals surface area contributed by atoms with Crippen LogP contribution in [0.25, 0.3) is 0 Å². The zero-order valence-corrected chi connectivity index (χ0v) is 11.6. The standard InChI is InChI=1S/C16H17ClFN/c1-12(13-5-3-2-4-6-13)9-10-19-16-8-7-14(17)11-15(16)18/h2-8,11-12,19H,9-10H2,1H3. The van der Waals surface area contributed by atoms with Gasteiger partial charge in [0.2, 0.25) is 0 Å². The molecule has 1 atom stereocenters. The molecule has 0 radical (unpaired) electrons. The number of anilines is 1. The van der Waals surface area contributed by atoms with Crippen molar-refractivity contribution in [3.63, 3.8) is 0 Å². The van der Waals surface area contributed by atoms with Crippen molar-refractivity contribution in [1.29, 1.82) is 0 Å². The molecule has 1 nitrogen and oxygen atoms in total. The molecular formula is C16H17ClFN. The van der Waals surface area contributed by atoms with Gasteiger partial charge in [-0.1, -0.05) is 48.9 Å². The van der Waals surface area contributed by atoms with E-state index >= 15 is 0 Å². The van der Waals surface area contributed by atoms with Crippen molar-refractivity contribution >= 4 is 17.3 Å². The van der Waals surface area contributed by atoms with Gasteiger partial charge in [0.05, 0.1) is 5.69 Å². The van der Waals surface area contributed by atoms with Gasteiger partial charge in [0.25, 0.3) is 0 Å². The minimum absolute atomic E-state index is 0.306. The maximum absolute atomic E-state index is 13.6. The van der Waals surface area contributed by atoms with Crippen LogP contribution >= 0.6 is 11.6 Å². The third-order valence-corrected chi connectivity index (χ3v) is 3.43. The fraction of sp³-hybridized carbons (Fsp3) is 0.250. The van der Waals surface area contributed by atoms with Crippen LogP contribution in [0.2, 0.25) is 5.02 Å². The van der Waals surface area contributed by atoms with Gasteiger partial charge in [-0.25, -0.2) is 4.39 Å². The van der Waals surface area contributed by atoms with Crippen molar-refractivity contribution < 1.29 is 4.39 Å². The molecule has 0 saturated heterocycles. The minimum atomic E-state index is -0.306. The molecule has 1 unspecified atom stereocenters. The average molecular weight is 278 g/mol. The topological polar surface area (TPSA) is 12.0 Å². The molecule has 0 fully saturated rings. The highest BCUT2D eigenvalue weighted by molar-refractivity contribution is 6.30. The van der Waals surface area contributed by atoms with E-state index in [0.29, 0.717) is 16.6 Å². The highest BCUT2D eigenvalue weighted by Gasteiger charge is 2.06. The largest absolute Gasteiger partial charge is 0.383 e. The van der Waals surface area contributed by atoms with E-state index in [2.05, 4.69) is 24.4 Å². The van der Waals surface area contributed by atoms with Crippen LogP contribution in [-0.2, 0) is 0 Å². The lowest BCUT2D eigenvalue weighted by atomic mass is 9.98. The van der Waals surface area contributed by atoms with E-state index in [9.17, 15) is 4.39 Å². The second-order valence-corrected chi connectivity index (χ2v) is 5.09. The molecule has 2 aromatic rings. The van der Waals surface area contributed by atoms with Crippen LogP contribution in [0, 0.1) is 5.82 Å². The van der Waals surface area contributed by atoms with Gasteiger partial charge in [0.1, 0.15) is 5.82 Å². The zero-order valence-electron chi connectivity index (χ0n) is 10.9. The monoisotopic (exact) mass is 277 g/mol. The molecule has 0 saturated carbocycles. The Labute approximate surface area is 118 Å². The Bertz CT molecular complexity index is 528. The summed E-state index contributed by atoms with van der Waals surface area (Å²) in [5.41, 5.74) is 1.81. The van der Waals surface area contributed by atoms with Gasteiger partial charge in [0, 0.05) is 11.6 Å². The maximum Gasteiger partial charge on any atom is 0.147 e. The van der Waals surface area contributed by atoms with Gasteiger partial charge >= 0.3 is 0 Å². The fourth-order valence-corrected chi connectivity index (χ4v) is 2.16. The molecule has 2 rings (SSSR count). The van der Waals surface area contributed by atoms with Gasteiger partial charge in [-0.2, -0.15) is 0 Å². The van der Waals surface area contributed by atoms with E-state index in [1.807, 2.05) is 18.2 Å². The summed E-state index contributed by atoms with van der Waals surface area (Å²) in [6.07, 6.45) is 0.950. The van der Waals surface area contributed by atoms with Gasteiger partial charge < -0.3 is 5.32 Å². The SMILES string of the molecule is CC(CCNc1ccc(Cl)cc1F)c1ccccc1. The molecule has 0 spiro atoms. The first-order valence-electron chi connectivity index (χ1n) is 6.40. The molecule has 3 heteroatoms. The Morgan fingerprint density at radius 1 is 1.16 bits per heavy atom. The molecule has 0 aliphatic carbocycles. The van der Waals surface area contributed by atoms with Crippen LogP contribution in [-0.4, -0.2) is 6.54 Å². The first-order chi connectivity index (χ1) is 9.16. The van der Waals surface area contributed by atoms with Crippen molar-refractivity contribution in [1.82, 2.24) is 0 Å². The van der Waals surface area contributed by atoms with Crippen LogP contribution in [0.15, 0.2) is 48.5 Å². The van der Waals surface area contributed by atoms with E-state index in [4.69, 9.17) is 11.6 Å². The van der Waals surface area contributed by atoms with E-state index < -0.39 is 0 Å². The van der Waals surface area contributed by atoms with Gasteiger partial charge in [-0.3, -0.25) is 0 Å². The maximum atomic E-state index is 13.6. The van der Waals surface area contributed by atoms with Crippen molar-refractivity contribution in [2.75, 3.05) is 11.9 Å². The predicted octanol–water partition coefficient (Wildman–Crippen LogP) is 5.08. The summed E-state index contributed by atoms with van der Waals surface area (Å²) in [6.45, 7) is 2.91. The second-order valence-electron chi connectivity index (χ2n) is 4.65. The molecular weight excluding hydrogens is 261 g/mol. The number of hydrogen-bond donors (Lipinski definition) is 1. The van der Waals surface area contributed by atoms with E-state index in [0.717, 1.165) is 13.0 Å².